The number of carbonyl (C=O) groups excluding carboxylic acids is 4. The number of esters is 1. The average molecular weight is 359 g/mol. The van der Waals surface area contributed by atoms with Crippen LogP contribution in [0.2, 0.25) is 0 Å². The Morgan fingerprint density at radius 1 is 1.27 bits per heavy atom. The van der Waals surface area contributed by atoms with E-state index >= 15 is 0 Å². The summed E-state index contributed by atoms with van der Waals surface area (Å²) in [6.45, 7) is 3.49. The molecule has 26 heavy (non-hydrogen) atoms. The van der Waals surface area contributed by atoms with E-state index in [1.54, 1.807) is 24.3 Å². The van der Waals surface area contributed by atoms with Gasteiger partial charge in [0.15, 0.2) is 6.61 Å². The van der Waals surface area contributed by atoms with Gasteiger partial charge in [0, 0.05) is 19.4 Å². The lowest BCUT2D eigenvalue weighted by Gasteiger charge is -2.48. The Bertz CT molecular complexity index is 791. The lowest BCUT2D eigenvalue weighted by molar-refractivity contribution is -0.159. The van der Waals surface area contributed by atoms with Crippen LogP contribution in [0.15, 0.2) is 24.3 Å². The van der Waals surface area contributed by atoms with Gasteiger partial charge in [-0.05, 0) is 18.1 Å². The van der Waals surface area contributed by atoms with Crippen molar-refractivity contribution in [2.45, 2.75) is 32.4 Å². The number of hydrogen-bond acceptors (Lipinski definition) is 5. The van der Waals surface area contributed by atoms with Crippen molar-refractivity contribution in [3.8, 4) is 0 Å². The van der Waals surface area contributed by atoms with Crippen LogP contribution in [-0.2, 0) is 19.1 Å². The molecule has 2 heterocycles. The van der Waals surface area contributed by atoms with Gasteiger partial charge in [-0.3, -0.25) is 19.3 Å². The van der Waals surface area contributed by atoms with Crippen molar-refractivity contribution in [3.05, 3.63) is 29.8 Å². The Morgan fingerprint density at radius 3 is 2.62 bits per heavy atom. The third kappa shape index (κ3) is 2.61. The number of amides is 3. The van der Waals surface area contributed by atoms with Gasteiger partial charge < -0.3 is 15.4 Å². The molecule has 0 aliphatic carbocycles. The molecular weight excluding hydrogens is 338 g/mol. The molecular formula is C18H21N3O5. The zero-order valence-electron chi connectivity index (χ0n) is 14.7. The van der Waals surface area contributed by atoms with Crippen molar-refractivity contribution >= 4 is 29.4 Å². The van der Waals surface area contributed by atoms with E-state index in [4.69, 9.17) is 10.5 Å². The summed E-state index contributed by atoms with van der Waals surface area (Å²) in [4.78, 5) is 52.6. The van der Waals surface area contributed by atoms with Crippen molar-refractivity contribution in [1.82, 2.24) is 4.90 Å². The van der Waals surface area contributed by atoms with Crippen LogP contribution in [-0.4, -0.2) is 47.4 Å². The van der Waals surface area contributed by atoms with E-state index in [1.165, 1.54) is 9.80 Å². The number of primary amides is 1. The maximum atomic E-state index is 13.1. The van der Waals surface area contributed by atoms with Gasteiger partial charge in [-0.2, -0.15) is 0 Å². The fraction of sp³-hybridized carbons (Fsp3) is 0.444. The summed E-state index contributed by atoms with van der Waals surface area (Å²) in [5.74, 6) is -2.16. The molecule has 138 valence electrons. The predicted molar refractivity (Wildman–Crippen MR) is 91.9 cm³/mol. The first-order valence-corrected chi connectivity index (χ1v) is 8.48. The molecule has 0 radical (unpaired) electrons. The number of rotatable bonds is 5. The van der Waals surface area contributed by atoms with Crippen LogP contribution in [0.1, 0.15) is 37.0 Å². The predicted octanol–water partition coefficient (Wildman–Crippen LogP) is 0.650. The zero-order chi connectivity index (χ0) is 19.1. The molecule has 0 unspecified atom stereocenters. The second-order valence-corrected chi connectivity index (χ2v) is 6.91. The molecule has 3 amide bonds. The highest BCUT2D eigenvalue weighted by Gasteiger charge is 2.61. The molecule has 1 aromatic carbocycles. The Hall–Kier alpha value is -2.90. The molecule has 2 aliphatic rings. The first-order valence-electron chi connectivity index (χ1n) is 8.48. The van der Waals surface area contributed by atoms with Crippen molar-refractivity contribution in [2.24, 2.45) is 11.7 Å². The minimum absolute atomic E-state index is 0.0579. The number of nitrogens with two attached hydrogens (primary N) is 1. The van der Waals surface area contributed by atoms with Gasteiger partial charge in [0.1, 0.15) is 0 Å². The number of carbonyl (C=O) groups is 4. The molecule has 2 N–H and O–H groups in total. The number of anilines is 1. The van der Waals surface area contributed by atoms with Crippen LogP contribution in [0.5, 0.6) is 0 Å². The zero-order valence-corrected chi connectivity index (χ0v) is 14.7. The van der Waals surface area contributed by atoms with E-state index in [1.807, 2.05) is 13.8 Å². The van der Waals surface area contributed by atoms with Gasteiger partial charge in [-0.15, -0.1) is 0 Å². The molecule has 8 heteroatoms. The maximum absolute atomic E-state index is 13.1. The van der Waals surface area contributed by atoms with Crippen LogP contribution < -0.4 is 10.6 Å². The third-order valence-electron chi connectivity index (χ3n) is 4.59. The lowest BCUT2D eigenvalue weighted by Crippen LogP contribution is -2.69. The number of fused-ring (bicyclic) bond motifs is 3. The summed E-state index contributed by atoms with van der Waals surface area (Å²) < 4.78 is 5.07. The first-order chi connectivity index (χ1) is 12.3. The highest BCUT2D eigenvalue weighted by molar-refractivity contribution is 6.15. The molecule has 2 aliphatic heterocycles. The summed E-state index contributed by atoms with van der Waals surface area (Å²) >= 11 is 0. The average Bonchev–Trinajstić information content (AvgIpc) is 2.95. The van der Waals surface area contributed by atoms with Gasteiger partial charge in [-0.1, -0.05) is 26.0 Å². The second kappa shape index (κ2) is 6.44. The highest BCUT2D eigenvalue weighted by atomic mass is 16.5. The first kappa shape index (κ1) is 17.9. The van der Waals surface area contributed by atoms with Crippen LogP contribution in [0.25, 0.3) is 0 Å². The summed E-state index contributed by atoms with van der Waals surface area (Å²) in [6.07, 6.45) is 0.206. The molecule has 1 atom stereocenters. The Balaban J connectivity index is 2.16. The minimum Gasteiger partial charge on any atom is -0.452 e. The van der Waals surface area contributed by atoms with E-state index in [2.05, 4.69) is 0 Å². The monoisotopic (exact) mass is 359 g/mol. The third-order valence-corrected chi connectivity index (χ3v) is 4.59. The van der Waals surface area contributed by atoms with Crippen LogP contribution in [0.4, 0.5) is 5.69 Å². The molecule has 1 aromatic rings. The van der Waals surface area contributed by atoms with E-state index in [0.29, 0.717) is 11.3 Å². The normalized spacial score (nSPS) is 21.7. The van der Waals surface area contributed by atoms with Crippen LogP contribution >= 0.6 is 0 Å². The van der Waals surface area contributed by atoms with Crippen molar-refractivity contribution in [1.29, 1.82) is 0 Å². The quantitative estimate of drug-likeness (QED) is 0.776. The molecule has 1 saturated heterocycles. The summed E-state index contributed by atoms with van der Waals surface area (Å²) in [7, 11) is 0. The lowest BCUT2D eigenvalue weighted by atomic mass is 9.95. The maximum Gasteiger partial charge on any atom is 0.354 e. The van der Waals surface area contributed by atoms with Crippen molar-refractivity contribution in [3.63, 3.8) is 0 Å². The summed E-state index contributed by atoms with van der Waals surface area (Å²) in [6, 6.07) is 6.69. The van der Waals surface area contributed by atoms with E-state index in [0.717, 1.165) is 0 Å². The number of nitrogens with zero attached hydrogens (tertiary/aromatic N) is 2. The molecule has 8 nitrogen and oxygen atoms in total. The summed E-state index contributed by atoms with van der Waals surface area (Å²) in [5, 5.41) is 0. The number of hydrogen-bond donors (Lipinski definition) is 1. The number of para-hydroxylation sites is 1. The van der Waals surface area contributed by atoms with Crippen molar-refractivity contribution in [2.75, 3.05) is 18.1 Å². The summed E-state index contributed by atoms with van der Waals surface area (Å²) in [5.41, 5.74) is 4.24. The largest absolute Gasteiger partial charge is 0.452 e. The smallest absolute Gasteiger partial charge is 0.354 e. The topological polar surface area (TPSA) is 110 Å². The number of benzene rings is 1. The molecule has 0 aromatic heterocycles. The molecule has 0 spiro atoms. The fourth-order valence-electron chi connectivity index (χ4n) is 3.62. The molecule has 3 rings (SSSR count). The van der Waals surface area contributed by atoms with Gasteiger partial charge in [0.05, 0.1) is 11.3 Å². The number of ether oxygens (including phenoxy) is 1. The standard InChI is InChI=1S/C18H21N3O5/c1-11(2)9-20-16(24)12-5-3-4-6-13(12)21-15(23)7-8-18(20,21)17(25)26-10-14(19)22/h3-6,11H,7-10H2,1-2H3,(H2,19,22)/t18-/m0/s1. The van der Waals surface area contributed by atoms with Gasteiger partial charge in [0.2, 0.25) is 11.6 Å². The van der Waals surface area contributed by atoms with Gasteiger partial charge in [0.25, 0.3) is 11.8 Å². The van der Waals surface area contributed by atoms with Crippen LogP contribution in [0, 0.1) is 5.92 Å². The molecule has 1 fully saturated rings. The van der Waals surface area contributed by atoms with E-state index < -0.39 is 24.1 Å². The minimum atomic E-state index is -1.58. The fourth-order valence-corrected chi connectivity index (χ4v) is 3.62. The highest BCUT2D eigenvalue weighted by Crippen LogP contribution is 2.45. The van der Waals surface area contributed by atoms with Crippen LogP contribution in [0.3, 0.4) is 0 Å². The second-order valence-electron chi connectivity index (χ2n) is 6.91. The van der Waals surface area contributed by atoms with E-state index in [9.17, 15) is 19.2 Å². The van der Waals surface area contributed by atoms with Crippen molar-refractivity contribution < 1.29 is 23.9 Å². The molecule has 0 saturated carbocycles. The Kier molecular flexibility index (Phi) is 4.43. The Labute approximate surface area is 150 Å². The molecule has 0 bridgehead atoms. The van der Waals surface area contributed by atoms with E-state index in [-0.39, 0.29) is 37.1 Å². The van der Waals surface area contributed by atoms with Gasteiger partial charge in [-0.25, -0.2) is 4.79 Å². The van der Waals surface area contributed by atoms with Gasteiger partial charge >= 0.3 is 5.97 Å². The SMILES string of the molecule is CC(C)CN1C(=O)c2ccccc2N2C(=O)CC[C@]12C(=O)OCC(N)=O. The Morgan fingerprint density at radius 2 is 1.96 bits per heavy atom.